The molecule has 1 atom stereocenters. The van der Waals surface area contributed by atoms with E-state index in [4.69, 9.17) is 0 Å². The number of pyridine rings is 1. The van der Waals surface area contributed by atoms with Gasteiger partial charge in [0.2, 0.25) is 11.8 Å². The standard InChI is InChI=1S/C38H41N9O2/c1-2-38(37(49)42-29-8-11-32-31(23-29)35(44-43-32)28-12-16-39-33(22-28)26-4-5-26)13-17-45(25-38)24-34(48)47-20-18-46(19-21-47)30-9-6-27(7-10-30)36-40-14-3-15-41-36/h3,6-12,14-16,22-23,26H,2,4-5,13,17-21,24-25H2,1H3,(H,42,49)(H,43,44)/t38-/m1/s1. The van der Waals surface area contributed by atoms with Crippen LogP contribution in [0.3, 0.4) is 0 Å². The SMILES string of the molecule is CC[C@@]1(C(=O)Nc2ccc3[nH]nc(-c4ccnc(C5CC5)c4)c3c2)CCN(CC(=O)N2CCN(c3ccc(-c4ncccn4)cc3)CC2)C1. The highest BCUT2D eigenvalue weighted by Gasteiger charge is 2.44. The molecule has 0 radical (unpaired) electrons. The molecule has 49 heavy (non-hydrogen) atoms. The van der Waals surface area contributed by atoms with E-state index in [9.17, 15) is 9.59 Å². The molecule has 2 N–H and O–H groups in total. The summed E-state index contributed by atoms with van der Waals surface area (Å²) < 4.78 is 0. The average molecular weight is 656 g/mol. The van der Waals surface area contributed by atoms with Crippen LogP contribution in [0.15, 0.2) is 79.3 Å². The first-order valence-corrected chi connectivity index (χ1v) is 17.4. The molecule has 3 aliphatic rings. The number of nitrogens with one attached hydrogen (secondary N) is 2. The number of hydrogen-bond donors (Lipinski definition) is 2. The van der Waals surface area contributed by atoms with Crippen molar-refractivity contribution in [2.75, 3.05) is 56.0 Å². The Morgan fingerprint density at radius 1 is 0.898 bits per heavy atom. The number of aromatic nitrogens is 5. The molecule has 8 rings (SSSR count). The van der Waals surface area contributed by atoms with Gasteiger partial charge in [0.05, 0.1) is 17.5 Å². The maximum atomic E-state index is 13.9. The number of likely N-dealkylation sites (tertiary alicyclic amines) is 1. The second kappa shape index (κ2) is 13.0. The number of carbonyl (C=O) groups excluding carboxylic acids is 2. The van der Waals surface area contributed by atoms with Crippen LogP contribution in [0.1, 0.15) is 44.2 Å². The van der Waals surface area contributed by atoms with Crippen molar-refractivity contribution >= 4 is 34.1 Å². The minimum Gasteiger partial charge on any atom is -0.368 e. The van der Waals surface area contributed by atoms with Gasteiger partial charge in [-0.05, 0) is 92.9 Å². The predicted molar refractivity (Wildman–Crippen MR) is 190 cm³/mol. The maximum absolute atomic E-state index is 13.9. The van der Waals surface area contributed by atoms with Crippen LogP contribution in [-0.2, 0) is 9.59 Å². The summed E-state index contributed by atoms with van der Waals surface area (Å²) in [6.07, 6.45) is 9.17. The normalized spacial score (nSPS) is 19.8. The Hall–Kier alpha value is -5.16. The number of nitrogens with zero attached hydrogens (tertiary/aromatic N) is 7. The van der Waals surface area contributed by atoms with E-state index in [0.717, 1.165) is 70.8 Å². The van der Waals surface area contributed by atoms with Gasteiger partial charge >= 0.3 is 0 Å². The van der Waals surface area contributed by atoms with E-state index in [-0.39, 0.29) is 11.8 Å². The van der Waals surface area contributed by atoms with Crippen LogP contribution in [-0.4, -0.2) is 92.6 Å². The van der Waals surface area contributed by atoms with Gasteiger partial charge in [-0.25, -0.2) is 9.97 Å². The van der Waals surface area contributed by atoms with Crippen LogP contribution >= 0.6 is 0 Å². The fourth-order valence-electron chi connectivity index (χ4n) is 7.28. The number of rotatable bonds is 9. The molecule has 11 nitrogen and oxygen atoms in total. The van der Waals surface area contributed by atoms with E-state index < -0.39 is 5.41 Å². The summed E-state index contributed by atoms with van der Waals surface area (Å²) >= 11 is 0. The van der Waals surface area contributed by atoms with Crippen LogP contribution in [0.25, 0.3) is 33.5 Å². The van der Waals surface area contributed by atoms with Gasteiger partial charge in [-0.15, -0.1) is 0 Å². The molecule has 5 heterocycles. The minimum absolute atomic E-state index is 0.00716. The second-order valence-electron chi connectivity index (χ2n) is 13.6. The van der Waals surface area contributed by atoms with Crippen LogP contribution in [0.5, 0.6) is 0 Å². The molecule has 2 amide bonds. The molecule has 0 spiro atoms. The van der Waals surface area contributed by atoms with Crippen molar-refractivity contribution in [3.05, 3.63) is 84.9 Å². The summed E-state index contributed by atoms with van der Waals surface area (Å²) in [6.45, 7) is 6.60. The number of piperazine rings is 1. The van der Waals surface area contributed by atoms with Crippen molar-refractivity contribution in [1.82, 2.24) is 34.9 Å². The van der Waals surface area contributed by atoms with Gasteiger partial charge in [0.25, 0.3) is 0 Å². The third-order valence-electron chi connectivity index (χ3n) is 10.5. The smallest absolute Gasteiger partial charge is 0.236 e. The van der Waals surface area contributed by atoms with E-state index in [1.807, 2.05) is 53.6 Å². The number of amides is 2. The molecule has 5 aromatic rings. The van der Waals surface area contributed by atoms with Crippen LogP contribution in [0, 0.1) is 5.41 Å². The summed E-state index contributed by atoms with van der Waals surface area (Å²) in [6, 6.07) is 20.1. The van der Waals surface area contributed by atoms with E-state index in [1.54, 1.807) is 12.4 Å². The Morgan fingerprint density at radius 2 is 1.69 bits per heavy atom. The number of anilines is 2. The number of H-pyrrole nitrogens is 1. The average Bonchev–Trinajstić information content (AvgIpc) is 3.79. The molecule has 1 saturated carbocycles. The van der Waals surface area contributed by atoms with Crippen molar-refractivity contribution in [3.8, 4) is 22.6 Å². The number of hydrogen-bond acceptors (Lipinski definition) is 8. The molecule has 0 unspecified atom stereocenters. The van der Waals surface area contributed by atoms with E-state index in [2.05, 4.69) is 65.4 Å². The lowest BCUT2D eigenvalue weighted by atomic mass is 9.83. The van der Waals surface area contributed by atoms with Crippen LogP contribution in [0.4, 0.5) is 11.4 Å². The van der Waals surface area contributed by atoms with Crippen molar-refractivity contribution in [2.45, 2.75) is 38.5 Å². The summed E-state index contributed by atoms with van der Waals surface area (Å²) in [7, 11) is 0. The van der Waals surface area contributed by atoms with Gasteiger partial charge in [-0.3, -0.25) is 24.6 Å². The lowest BCUT2D eigenvalue weighted by Crippen LogP contribution is -2.51. The highest BCUT2D eigenvalue weighted by molar-refractivity contribution is 6.00. The molecule has 1 aliphatic carbocycles. The van der Waals surface area contributed by atoms with Gasteiger partial charge < -0.3 is 15.1 Å². The molecular weight excluding hydrogens is 614 g/mol. The summed E-state index contributed by atoms with van der Waals surface area (Å²) in [5.41, 5.74) is 6.26. The van der Waals surface area contributed by atoms with Crippen molar-refractivity contribution in [1.29, 1.82) is 0 Å². The van der Waals surface area contributed by atoms with Crippen molar-refractivity contribution in [3.63, 3.8) is 0 Å². The molecule has 3 fully saturated rings. The first-order chi connectivity index (χ1) is 24.0. The summed E-state index contributed by atoms with van der Waals surface area (Å²) in [4.78, 5) is 46.9. The first-order valence-electron chi connectivity index (χ1n) is 17.4. The molecule has 2 aromatic carbocycles. The lowest BCUT2D eigenvalue weighted by molar-refractivity contribution is -0.133. The Kier molecular flexibility index (Phi) is 8.28. The lowest BCUT2D eigenvalue weighted by Gasteiger charge is -2.37. The second-order valence-corrected chi connectivity index (χ2v) is 13.6. The van der Waals surface area contributed by atoms with Gasteiger partial charge in [0, 0.05) is 90.8 Å². The molecule has 2 aliphatic heterocycles. The Labute approximate surface area is 285 Å². The van der Waals surface area contributed by atoms with E-state index >= 15 is 0 Å². The zero-order chi connectivity index (χ0) is 33.4. The largest absolute Gasteiger partial charge is 0.368 e. The van der Waals surface area contributed by atoms with E-state index in [0.29, 0.717) is 44.3 Å². The van der Waals surface area contributed by atoms with Crippen LogP contribution < -0.4 is 10.2 Å². The van der Waals surface area contributed by atoms with E-state index in [1.165, 1.54) is 12.8 Å². The Morgan fingerprint density at radius 3 is 2.45 bits per heavy atom. The highest BCUT2D eigenvalue weighted by atomic mass is 16.2. The number of aromatic amines is 1. The summed E-state index contributed by atoms with van der Waals surface area (Å²) in [5.74, 6) is 1.40. The molecule has 0 bridgehead atoms. The third kappa shape index (κ3) is 6.38. The fraction of sp³-hybridized carbons (Fsp3) is 0.368. The molecule has 11 heteroatoms. The number of carbonyl (C=O) groups is 2. The third-order valence-corrected chi connectivity index (χ3v) is 10.5. The van der Waals surface area contributed by atoms with Gasteiger partial charge in [0.15, 0.2) is 5.82 Å². The molecule has 2 saturated heterocycles. The monoisotopic (exact) mass is 655 g/mol. The van der Waals surface area contributed by atoms with Gasteiger partial charge in [0.1, 0.15) is 5.69 Å². The van der Waals surface area contributed by atoms with Crippen LogP contribution in [0.2, 0.25) is 0 Å². The quantitative estimate of drug-likeness (QED) is 0.218. The van der Waals surface area contributed by atoms with Gasteiger partial charge in [-0.1, -0.05) is 6.92 Å². The first kappa shape index (κ1) is 31.1. The number of fused-ring (bicyclic) bond motifs is 1. The van der Waals surface area contributed by atoms with Crippen molar-refractivity contribution in [2.24, 2.45) is 5.41 Å². The number of benzene rings is 2. The fourth-order valence-corrected chi connectivity index (χ4v) is 7.28. The van der Waals surface area contributed by atoms with Crippen molar-refractivity contribution < 1.29 is 9.59 Å². The minimum atomic E-state index is -0.547. The molecule has 250 valence electrons. The maximum Gasteiger partial charge on any atom is 0.236 e. The topological polar surface area (TPSA) is 123 Å². The zero-order valence-corrected chi connectivity index (χ0v) is 27.8. The van der Waals surface area contributed by atoms with Gasteiger partial charge in [-0.2, -0.15) is 5.10 Å². The highest BCUT2D eigenvalue weighted by Crippen LogP contribution is 2.41. The Balaban J connectivity index is 0.868. The zero-order valence-electron chi connectivity index (χ0n) is 27.8. The predicted octanol–water partition coefficient (Wildman–Crippen LogP) is 5.35. The molecule has 3 aromatic heterocycles. The summed E-state index contributed by atoms with van der Waals surface area (Å²) in [5, 5.41) is 11.9. The Bertz CT molecular complexity index is 1970. The molecular formula is C38H41N9O2.